The molecule has 0 rings (SSSR count). The summed E-state index contributed by atoms with van der Waals surface area (Å²) in [6, 6.07) is -0.551. The molecule has 0 bridgehead atoms. The SMILES string of the molecule is CCCCC/C=C\C/C=C\CCCCCCCC(=O)OCCCCCCCCCCC/C=C\C/C=C\CCCCCCCCCC(=O)NC(CO)C(O)CCCCCCCCCCCCCCCCCCCC. The molecule has 0 aliphatic heterocycles. The van der Waals surface area contributed by atoms with Crippen LogP contribution >= 0.6 is 0 Å². The van der Waals surface area contributed by atoms with Crippen molar-refractivity contribution < 1.29 is 24.5 Å². The molecule has 0 saturated carbocycles. The van der Waals surface area contributed by atoms with Gasteiger partial charge in [-0.15, -0.1) is 0 Å². The van der Waals surface area contributed by atoms with Gasteiger partial charge in [0.15, 0.2) is 0 Å². The predicted molar refractivity (Wildman–Crippen MR) is 319 cm³/mol. The first-order chi connectivity index (χ1) is 36.0. The maximum Gasteiger partial charge on any atom is 0.305 e. The van der Waals surface area contributed by atoms with Crippen molar-refractivity contribution in [3.05, 3.63) is 48.6 Å². The zero-order chi connectivity index (χ0) is 52.9. The summed E-state index contributed by atoms with van der Waals surface area (Å²) in [5.74, 6) is -0.0506. The Kier molecular flexibility index (Phi) is 60.5. The predicted octanol–water partition coefficient (Wildman–Crippen LogP) is 20.5. The number of hydrogen-bond acceptors (Lipinski definition) is 5. The van der Waals surface area contributed by atoms with Crippen molar-refractivity contribution in [1.29, 1.82) is 0 Å². The lowest BCUT2D eigenvalue weighted by Crippen LogP contribution is -2.45. The third kappa shape index (κ3) is 58.9. The molecular weight excluding hydrogens is 899 g/mol. The monoisotopic (exact) mass is 1020 g/mol. The Morgan fingerprint density at radius 2 is 0.685 bits per heavy atom. The second-order valence-corrected chi connectivity index (χ2v) is 22.1. The lowest BCUT2D eigenvalue weighted by molar-refractivity contribution is -0.143. The average Bonchev–Trinajstić information content (AvgIpc) is 3.39. The fourth-order valence-electron chi connectivity index (χ4n) is 9.88. The standard InChI is InChI=1S/C67H125NO5/c1-3-5-7-9-11-13-15-17-19-20-28-32-35-39-43-47-51-55-59-65(70)64(63-69)68-66(71)60-56-52-48-44-40-36-33-29-26-24-22-21-23-25-27-30-34-38-42-46-50-54-58-62-73-67(72)61-57-53-49-45-41-37-31-18-16-14-12-10-8-6-4-2/h12,14,18,21,23-24,26,31,64-65,69-70H,3-11,13,15-17,19-20,22,25,27-30,32-63H2,1-2H3,(H,68,71)/b14-12-,23-21-,26-24-,31-18-. The molecule has 73 heavy (non-hydrogen) atoms. The molecule has 6 heteroatoms. The van der Waals surface area contributed by atoms with E-state index in [2.05, 4.69) is 67.8 Å². The topological polar surface area (TPSA) is 95.9 Å². The lowest BCUT2D eigenvalue weighted by Gasteiger charge is -2.22. The van der Waals surface area contributed by atoms with Crippen LogP contribution in [-0.4, -0.2) is 47.4 Å². The number of nitrogens with one attached hydrogen (secondary N) is 1. The van der Waals surface area contributed by atoms with Crippen molar-refractivity contribution >= 4 is 11.9 Å². The van der Waals surface area contributed by atoms with Crippen molar-refractivity contribution in [3.8, 4) is 0 Å². The Morgan fingerprint density at radius 3 is 1.07 bits per heavy atom. The number of carbonyl (C=O) groups is 2. The van der Waals surface area contributed by atoms with Gasteiger partial charge < -0.3 is 20.3 Å². The highest BCUT2D eigenvalue weighted by Crippen LogP contribution is 2.17. The molecule has 0 fully saturated rings. The van der Waals surface area contributed by atoms with Crippen molar-refractivity contribution in [2.75, 3.05) is 13.2 Å². The first-order valence-electron chi connectivity index (χ1n) is 32.4. The number of aliphatic hydroxyl groups excluding tert-OH is 2. The second kappa shape index (κ2) is 62.4. The van der Waals surface area contributed by atoms with E-state index in [9.17, 15) is 19.8 Å². The second-order valence-electron chi connectivity index (χ2n) is 22.1. The van der Waals surface area contributed by atoms with E-state index in [0.29, 0.717) is 25.9 Å². The molecular formula is C67H125NO5. The summed E-state index contributed by atoms with van der Waals surface area (Å²) < 4.78 is 5.47. The summed E-state index contributed by atoms with van der Waals surface area (Å²) >= 11 is 0. The van der Waals surface area contributed by atoms with E-state index in [1.54, 1.807) is 0 Å². The van der Waals surface area contributed by atoms with Crippen LogP contribution in [0.1, 0.15) is 341 Å². The molecule has 2 atom stereocenters. The highest BCUT2D eigenvalue weighted by molar-refractivity contribution is 5.76. The Bertz CT molecular complexity index is 1230. The number of aliphatic hydroxyl groups is 2. The summed E-state index contributed by atoms with van der Waals surface area (Å²) in [5.41, 5.74) is 0. The number of rotatable bonds is 60. The minimum absolute atomic E-state index is 0.00699. The van der Waals surface area contributed by atoms with Gasteiger partial charge in [0, 0.05) is 12.8 Å². The van der Waals surface area contributed by atoms with E-state index >= 15 is 0 Å². The number of ether oxygens (including phenoxy) is 1. The van der Waals surface area contributed by atoms with Crippen LogP contribution in [0.5, 0.6) is 0 Å². The molecule has 0 saturated heterocycles. The van der Waals surface area contributed by atoms with Gasteiger partial charge in [-0.05, 0) is 89.9 Å². The average molecular weight is 1020 g/mol. The number of carbonyl (C=O) groups excluding carboxylic acids is 2. The first-order valence-corrected chi connectivity index (χ1v) is 32.4. The zero-order valence-corrected chi connectivity index (χ0v) is 48.9. The smallest absolute Gasteiger partial charge is 0.305 e. The van der Waals surface area contributed by atoms with Crippen molar-refractivity contribution in [1.82, 2.24) is 5.32 Å². The molecule has 3 N–H and O–H groups in total. The molecule has 0 radical (unpaired) electrons. The summed E-state index contributed by atoms with van der Waals surface area (Å²) in [6.45, 7) is 4.93. The van der Waals surface area contributed by atoms with Gasteiger partial charge in [-0.3, -0.25) is 9.59 Å². The van der Waals surface area contributed by atoms with Gasteiger partial charge in [-0.25, -0.2) is 0 Å². The van der Waals surface area contributed by atoms with Crippen LogP contribution in [0, 0.1) is 0 Å². The highest BCUT2D eigenvalue weighted by atomic mass is 16.5. The van der Waals surface area contributed by atoms with E-state index in [-0.39, 0.29) is 18.5 Å². The van der Waals surface area contributed by atoms with Crippen molar-refractivity contribution in [2.45, 2.75) is 353 Å². The van der Waals surface area contributed by atoms with Gasteiger partial charge in [0.2, 0.25) is 5.91 Å². The third-order valence-electron chi connectivity index (χ3n) is 14.9. The molecule has 0 heterocycles. The van der Waals surface area contributed by atoms with E-state index in [4.69, 9.17) is 4.74 Å². The van der Waals surface area contributed by atoms with Crippen LogP contribution < -0.4 is 5.32 Å². The molecule has 6 nitrogen and oxygen atoms in total. The quantitative estimate of drug-likeness (QED) is 0.0320. The third-order valence-corrected chi connectivity index (χ3v) is 14.9. The molecule has 428 valence electrons. The van der Waals surface area contributed by atoms with Gasteiger partial charge in [0.1, 0.15) is 0 Å². The van der Waals surface area contributed by atoms with Gasteiger partial charge in [0.05, 0.1) is 25.4 Å². The number of hydrogen-bond donors (Lipinski definition) is 3. The van der Waals surface area contributed by atoms with Crippen LogP contribution in [-0.2, 0) is 14.3 Å². The van der Waals surface area contributed by atoms with Crippen molar-refractivity contribution in [3.63, 3.8) is 0 Å². The molecule has 0 aromatic rings. The minimum atomic E-state index is -0.672. The number of allylic oxidation sites excluding steroid dienone is 8. The number of amides is 1. The maximum atomic E-state index is 12.5. The van der Waals surface area contributed by atoms with Gasteiger partial charge >= 0.3 is 5.97 Å². The van der Waals surface area contributed by atoms with Crippen LogP contribution in [0.25, 0.3) is 0 Å². The zero-order valence-electron chi connectivity index (χ0n) is 48.9. The Labute approximate surface area is 455 Å². The van der Waals surface area contributed by atoms with Gasteiger partial charge in [-0.1, -0.05) is 287 Å². The first kappa shape index (κ1) is 70.8. The molecule has 0 aromatic heterocycles. The van der Waals surface area contributed by atoms with Gasteiger partial charge in [0.25, 0.3) is 0 Å². The van der Waals surface area contributed by atoms with Crippen LogP contribution in [0.4, 0.5) is 0 Å². The molecule has 0 spiro atoms. The fourth-order valence-corrected chi connectivity index (χ4v) is 9.88. The van der Waals surface area contributed by atoms with E-state index in [1.165, 1.54) is 238 Å². The summed E-state index contributed by atoms with van der Waals surface area (Å²) in [7, 11) is 0. The molecule has 2 unspecified atom stereocenters. The Morgan fingerprint density at radius 1 is 0.384 bits per heavy atom. The van der Waals surface area contributed by atoms with Crippen LogP contribution in [0.2, 0.25) is 0 Å². The Balaban J connectivity index is 3.46. The number of esters is 1. The molecule has 0 aliphatic carbocycles. The summed E-state index contributed by atoms with van der Waals surface area (Å²) in [5, 5.41) is 23.3. The maximum absolute atomic E-state index is 12.5. The number of unbranched alkanes of at least 4 members (excludes halogenated alkanes) is 41. The van der Waals surface area contributed by atoms with E-state index < -0.39 is 12.1 Å². The lowest BCUT2D eigenvalue weighted by atomic mass is 10.0. The summed E-state index contributed by atoms with van der Waals surface area (Å²) in [6.07, 6.45) is 79.8. The normalized spacial score (nSPS) is 12.9. The fraction of sp³-hybridized carbons (Fsp3) is 0.851. The summed E-state index contributed by atoms with van der Waals surface area (Å²) in [4.78, 5) is 24.6. The van der Waals surface area contributed by atoms with Crippen molar-refractivity contribution in [2.24, 2.45) is 0 Å². The minimum Gasteiger partial charge on any atom is -0.466 e. The molecule has 1 amide bonds. The van der Waals surface area contributed by atoms with E-state index in [1.807, 2.05) is 0 Å². The van der Waals surface area contributed by atoms with Crippen LogP contribution in [0.3, 0.4) is 0 Å². The largest absolute Gasteiger partial charge is 0.466 e. The molecule has 0 aliphatic rings. The highest BCUT2D eigenvalue weighted by Gasteiger charge is 2.20. The Hall–Kier alpha value is -2.18. The van der Waals surface area contributed by atoms with E-state index in [0.717, 1.165) is 70.6 Å². The van der Waals surface area contributed by atoms with Crippen LogP contribution in [0.15, 0.2) is 48.6 Å². The molecule has 0 aromatic carbocycles. The van der Waals surface area contributed by atoms with Gasteiger partial charge in [-0.2, -0.15) is 0 Å².